The molecule has 2 heteroatoms. The molecule has 2 fully saturated rings. The molecule has 1 nitrogen and oxygen atoms in total. The van der Waals surface area contributed by atoms with Crippen LogP contribution >= 0.6 is 15.9 Å². The quantitative estimate of drug-likeness (QED) is 0.688. The summed E-state index contributed by atoms with van der Waals surface area (Å²) in [6.07, 6.45) is 7.49. The van der Waals surface area contributed by atoms with E-state index in [0.717, 1.165) is 16.7 Å². The van der Waals surface area contributed by atoms with Crippen molar-refractivity contribution in [2.24, 2.45) is 11.8 Å². The third-order valence-corrected chi connectivity index (χ3v) is 4.72. The van der Waals surface area contributed by atoms with Gasteiger partial charge in [-0.3, -0.25) is 0 Å². The van der Waals surface area contributed by atoms with Gasteiger partial charge in [-0.2, -0.15) is 0 Å². The molecule has 0 spiro atoms. The molecular weight excluding hydrogens is 240 g/mol. The van der Waals surface area contributed by atoms with Crippen LogP contribution in [-0.2, 0) is 4.74 Å². The largest absolute Gasteiger partial charge is 0.375 e. The zero-order valence-electron chi connectivity index (χ0n) is 9.21. The molecule has 0 saturated heterocycles. The Bertz CT molecular complexity index is 189. The normalized spacial score (nSPS) is 48.6. The molecular formula is C12H21BrO. The fraction of sp³-hybridized carbons (Fsp3) is 1.00. The first kappa shape index (κ1) is 10.9. The highest BCUT2D eigenvalue weighted by Gasteiger charge is 2.32. The smallest absolute Gasteiger partial charge is 0.0600 e. The van der Waals surface area contributed by atoms with Crippen molar-refractivity contribution in [3.63, 3.8) is 0 Å². The van der Waals surface area contributed by atoms with Crippen molar-refractivity contribution in [2.75, 3.05) is 0 Å². The first-order valence-electron chi connectivity index (χ1n) is 5.94. The standard InChI is InChI=1S/C12H21BrO/c1-8-3-4-11(5-9(8)2)14-12-6-10(13)7-12/h8-12H,3-7H2,1-2H3. The van der Waals surface area contributed by atoms with E-state index in [1.165, 1.54) is 32.1 Å². The summed E-state index contributed by atoms with van der Waals surface area (Å²) in [5, 5.41) is 0. The Morgan fingerprint density at radius 1 is 0.929 bits per heavy atom. The van der Waals surface area contributed by atoms with Crippen LogP contribution in [0.5, 0.6) is 0 Å². The molecule has 0 N–H and O–H groups in total. The van der Waals surface area contributed by atoms with Crippen LogP contribution in [0.1, 0.15) is 46.0 Å². The maximum atomic E-state index is 6.09. The van der Waals surface area contributed by atoms with Crippen LogP contribution in [0, 0.1) is 11.8 Å². The van der Waals surface area contributed by atoms with Gasteiger partial charge in [0.2, 0.25) is 0 Å². The molecule has 0 amide bonds. The molecule has 0 heterocycles. The zero-order valence-corrected chi connectivity index (χ0v) is 10.8. The highest BCUT2D eigenvalue weighted by atomic mass is 79.9. The van der Waals surface area contributed by atoms with Crippen LogP contribution < -0.4 is 0 Å². The topological polar surface area (TPSA) is 9.23 Å². The Kier molecular flexibility index (Phi) is 3.54. The van der Waals surface area contributed by atoms with Gasteiger partial charge < -0.3 is 4.74 Å². The second-order valence-electron chi connectivity index (χ2n) is 5.22. The van der Waals surface area contributed by atoms with Crippen molar-refractivity contribution in [1.82, 2.24) is 0 Å². The third-order valence-electron chi connectivity index (χ3n) is 3.97. The van der Waals surface area contributed by atoms with Crippen LogP contribution in [-0.4, -0.2) is 17.0 Å². The third kappa shape index (κ3) is 2.52. The molecule has 0 aromatic heterocycles. The van der Waals surface area contributed by atoms with Gasteiger partial charge in [-0.25, -0.2) is 0 Å². The Hall–Kier alpha value is 0.440. The van der Waals surface area contributed by atoms with Gasteiger partial charge in [-0.15, -0.1) is 0 Å². The summed E-state index contributed by atoms with van der Waals surface area (Å²) in [5.41, 5.74) is 0. The van der Waals surface area contributed by atoms with Crippen molar-refractivity contribution >= 4 is 15.9 Å². The zero-order chi connectivity index (χ0) is 10.1. The second kappa shape index (κ2) is 4.52. The molecule has 2 saturated carbocycles. The van der Waals surface area contributed by atoms with Crippen molar-refractivity contribution in [2.45, 2.75) is 63.0 Å². The maximum Gasteiger partial charge on any atom is 0.0600 e. The summed E-state index contributed by atoms with van der Waals surface area (Å²) in [5.74, 6) is 1.76. The number of hydrogen-bond donors (Lipinski definition) is 0. The fourth-order valence-electron chi connectivity index (χ4n) is 2.51. The number of hydrogen-bond acceptors (Lipinski definition) is 1. The average Bonchev–Trinajstić information content (AvgIpc) is 2.09. The molecule has 0 bridgehead atoms. The molecule has 0 aliphatic heterocycles. The molecule has 2 rings (SSSR count). The van der Waals surface area contributed by atoms with Crippen molar-refractivity contribution < 1.29 is 4.74 Å². The van der Waals surface area contributed by atoms with Crippen molar-refractivity contribution in [3.8, 4) is 0 Å². The van der Waals surface area contributed by atoms with Gasteiger partial charge >= 0.3 is 0 Å². The summed E-state index contributed by atoms with van der Waals surface area (Å²) in [6.45, 7) is 4.74. The van der Waals surface area contributed by atoms with Gasteiger partial charge in [0.25, 0.3) is 0 Å². The van der Waals surface area contributed by atoms with E-state index < -0.39 is 0 Å². The van der Waals surface area contributed by atoms with E-state index in [9.17, 15) is 0 Å². The lowest BCUT2D eigenvalue weighted by atomic mass is 9.80. The summed E-state index contributed by atoms with van der Waals surface area (Å²) in [4.78, 5) is 0.729. The minimum atomic E-state index is 0.560. The Labute approximate surface area is 95.7 Å². The highest BCUT2D eigenvalue weighted by Crippen LogP contribution is 2.36. The summed E-state index contributed by atoms with van der Waals surface area (Å²) in [6, 6.07) is 0. The second-order valence-corrected chi connectivity index (χ2v) is 6.51. The van der Waals surface area contributed by atoms with E-state index in [1.807, 2.05) is 0 Å². The fourth-order valence-corrected chi connectivity index (χ4v) is 3.34. The van der Waals surface area contributed by atoms with Gasteiger partial charge in [0, 0.05) is 4.83 Å². The van der Waals surface area contributed by atoms with Gasteiger partial charge in [0.15, 0.2) is 0 Å². The van der Waals surface area contributed by atoms with Crippen molar-refractivity contribution in [3.05, 3.63) is 0 Å². The maximum absolute atomic E-state index is 6.09. The van der Waals surface area contributed by atoms with Crippen molar-refractivity contribution in [1.29, 1.82) is 0 Å². The molecule has 14 heavy (non-hydrogen) atoms. The monoisotopic (exact) mass is 260 g/mol. The predicted octanol–water partition coefficient (Wildman–Crippen LogP) is 3.75. The minimum absolute atomic E-state index is 0.560. The minimum Gasteiger partial charge on any atom is -0.375 e. The molecule has 82 valence electrons. The highest BCUT2D eigenvalue weighted by molar-refractivity contribution is 9.09. The Morgan fingerprint density at radius 2 is 1.64 bits per heavy atom. The number of alkyl halides is 1. The molecule has 3 atom stereocenters. The lowest BCUT2D eigenvalue weighted by molar-refractivity contribution is -0.0745. The lowest BCUT2D eigenvalue weighted by Crippen LogP contribution is -2.37. The van der Waals surface area contributed by atoms with Gasteiger partial charge in [0.05, 0.1) is 12.2 Å². The summed E-state index contributed by atoms with van der Waals surface area (Å²) >= 11 is 3.61. The van der Waals surface area contributed by atoms with E-state index in [1.54, 1.807) is 0 Å². The van der Waals surface area contributed by atoms with E-state index in [-0.39, 0.29) is 0 Å². The molecule has 3 unspecified atom stereocenters. The molecule has 0 aromatic rings. The number of halogens is 1. The molecule has 0 radical (unpaired) electrons. The predicted molar refractivity (Wildman–Crippen MR) is 62.8 cm³/mol. The van der Waals surface area contributed by atoms with Crippen LogP contribution in [0.25, 0.3) is 0 Å². The Morgan fingerprint density at radius 3 is 2.21 bits per heavy atom. The SMILES string of the molecule is CC1CCC(OC2CC(Br)C2)CC1C. The van der Waals surface area contributed by atoms with E-state index in [0.29, 0.717) is 12.2 Å². The molecule has 0 aromatic carbocycles. The van der Waals surface area contributed by atoms with E-state index in [2.05, 4.69) is 29.8 Å². The summed E-state index contributed by atoms with van der Waals surface area (Å²) < 4.78 is 6.09. The van der Waals surface area contributed by atoms with Crippen LogP contribution in [0.3, 0.4) is 0 Å². The van der Waals surface area contributed by atoms with E-state index in [4.69, 9.17) is 4.74 Å². The first-order valence-corrected chi connectivity index (χ1v) is 6.86. The summed E-state index contributed by atoms with van der Waals surface area (Å²) in [7, 11) is 0. The Balaban J connectivity index is 1.71. The lowest BCUT2D eigenvalue weighted by Gasteiger charge is -2.38. The van der Waals surface area contributed by atoms with Gasteiger partial charge in [-0.05, 0) is 43.9 Å². The van der Waals surface area contributed by atoms with Crippen LogP contribution in [0.15, 0.2) is 0 Å². The number of rotatable bonds is 2. The van der Waals surface area contributed by atoms with Crippen LogP contribution in [0.2, 0.25) is 0 Å². The number of ether oxygens (including phenoxy) is 1. The van der Waals surface area contributed by atoms with Gasteiger partial charge in [0.1, 0.15) is 0 Å². The molecule has 2 aliphatic rings. The van der Waals surface area contributed by atoms with E-state index >= 15 is 0 Å². The first-order chi connectivity index (χ1) is 6.65. The van der Waals surface area contributed by atoms with Gasteiger partial charge in [-0.1, -0.05) is 29.8 Å². The average molecular weight is 261 g/mol. The molecule has 2 aliphatic carbocycles. The van der Waals surface area contributed by atoms with Crippen LogP contribution in [0.4, 0.5) is 0 Å².